The fraction of sp³-hybridized carbons (Fsp3) is 0.400. The van der Waals surface area contributed by atoms with Crippen LogP contribution in [0.5, 0.6) is 0 Å². The molecule has 1 amide bonds. The maximum atomic E-state index is 12.7. The maximum Gasteiger partial charge on any atom is 0.256 e. The third-order valence-corrected chi connectivity index (χ3v) is 3.73. The summed E-state index contributed by atoms with van der Waals surface area (Å²) >= 11 is 0. The van der Waals surface area contributed by atoms with Crippen molar-refractivity contribution in [3.63, 3.8) is 0 Å². The Kier molecular flexibility index (Phi) is 3.03. The molecule has 1 saturated heterocycles. The first-order valence-corrected chi connectivity index (χ1v) is 6.63. The lowest BCUT2D eigenvalue weighted by molar-refractivity contribution is 0.0303. The minimum absolute atomic E-state index is 0.112. The highest BCUT2D eigenvalue weighted by Crippen LogP contribution is 2.26. The van der Waals surface area contributed by atoms with Gasteiger partial charge in [0.15, 0.2) is 0 Å². The molecule has 1 aliphatic rings. The number of rotatable bonds is 1. The van der Waals surface area contributed by atoms with Crippen LogP contribution in [0.1, 0.15) is 21.6 Å². The van der Waals surface area contributed by atoms with E-state index in [1.807, 2.05) is 36.9 Å². The molecule has 1 N–H and O–H groups in total. The Labute approximate surface area is 112 Å². The van der Waals surface area contributed by atoms with E-state index < -0.39 is 0 Å². The number of benzene rings is 1. The van der Waals surface area contributed by atoms with Crippen LogP contribution in [0.15, 0.2) is 18.2 Å². The van der Waals surface area contributed by atoms with Gasteiger partial charge in [0.2, 0.25) is 0 Å². The molecule has 0 radical (unpaired) electrons. The summed E-state index contributed by atoms with van der Waals surface area (Å²) in [5, 5.41) is 1.05. The predicted octanol–water partition coefficient (Wildman–Crippen LogP) is 2.26. The molecule has 4 heteroatoms. The molecule has 0 saturated carbocycles. The lowest BCUT2D eigenvalue weighted by Gasteiger charge is -2.27. The number of nitrogens with zero attached hydrogens (tertiary/aromatic N) is 1. The van der Waals surface area contributed by atoms with Crippen molar-refractivity contribution in [1.29, 1.82) is 0 Å². The van der Waals surface area contributed by atoms with E-state index in [1.165, 1.54) is 0 Å². The molecule has 0 spiro atoms. The van der Waals surface area contributed by atoms with Crippen molar-refractivity contribution in [2.45, 2.75) is 13.8 Å². The molecule has 1 aromatic carbocycles. The van der Waals surface area contributed by atoms with Gasteiger partial charge in [-0.2, -0.15) is 0 Å². The van der Waals surface area contributed by atoms with Crippen molar-refractivity contribution in [3.05, 3.63) is 35.0 Å². The number of ether oxygens (including phenoxy) is 1. The summed E-state index contributed by atoms with van der Waals surface area (Å²) in [4.78, 5) is 17.9. The van der Waals surface area contributed by atoms with Gasteiger partial charge in [0.05, 0.1) is 18.8 Å². The van der Waals surface area contributed by atoms with E-state index in [4.69, 9.17) is 4.74 Å². The third kappa shape index (κ3) is 2.02. The minimum Gasteiger partial charge on any atom is -0.378 e. The van der Waals surface area contributed by atoms with Gasteiger partial charge in [-0.1, -0.05) is 12.1 Å². The molecule has 1 aliphatic heterocycles. The van der Waals surface area contributed by atoms with Crippen LogP contribution in [0.25, 0.3) is 10.9 Å². The van der Waals surface area contributed by atoms with Gasteiger partial charge >= 0.3 is 0 Å². The number of aromatic nitrogens is 1. The Balaban J connectivity index is 2.08. The lowest BCUT2D eigenvalue weighted by Crippen LogP contribution is -2.40. The lowest BCUT2D eigenvalue weighted by atomic mass is 10.0. The highest BCUT2D eigenvalue weighted by atomic mass is 16.5. The topological polar surface area (TPSA) is 45.3 Å². The van der Waals surface area contributed by atoms with Crippen LogP contribution in [-0.2, 0) is 4.74 Å². The van der Waals surface area contributed by atoms with Crippen LogP contribution in [0.4, 0.5) is 0 Å². The number of morpholine rings is 1. The zero-order valence-corrected chi connectivity index (χ0v) is 11.3. The first kappa shape index (κ1) is 12.2. The molecule has 4 nitrogen and oxygen atoms in total. The average Bonchev–Trinajstić information content (AvgIpc) is 2.76. The molecule has 19 heavy (non-hydrogen) atoms. The van der Waals surface area contributed by atoms with Gasteiger partial charge in [-0.05, 0) is 25.5 Å². The molecule has 0 aliphatic carbocycles. The van der Waals surface area contributed by atoms with Crippen molar-refractivity contribution < 1.29 is 9.53 Å². The van der Waals surface area contributed by atoms with Gasteiger partial charge in [-0.25, -0.2) is 0 Å². The summed E-state index contributed by atoms with van der Waals surface area (Å²) in [6.45, 7) is 6.63. The number of amides is 1. The number of nitrogens with one attached hydrogen (secondary N) is 1. The number of carbonyl (C=O) groups excluding carboxylic acids is 1. The molecule has 1 fully saturated rings. The Bertz CT molecular complexity index is 624. The molecule has 0 bridgehead atoms. The smallest absolute Gasteiger partial charge is 0.256 e. The Morgan fingerprint density at radius 2 is 2.00 bits per heavy atom. The molecule has 100 valence electrons. The van der Waals surface area contributed by atoms with Gasteiger partial charge in [-0.15, -0.1) is 0 Å². The largest absolute Gasteiger partial charge is 0.378 e. The van der Waals surface area contributed by atoms with Crippen LogP contribution in [-0.4, -0.2) is 42.1 Å². The van der Waals surface area contributed by atoms with Gasteiger partial charge < -0.3 is 14.6 Å². The summed E-state index contributed by atoms with van der Waals surface area (Å²) in [7, 11) is 0. The van der Waals surface area contributed by atoms with E-state index in [-0.39, 0.29) is 5.91 Å². The number of fused-ring (bicyclic) bond motifs is 1. The number of aryl methyl sites for hydroxylation is 2. The van der Waals surface area contributed by atoms with Crippen molar-refractivity contribution in [2.75, 3.05) is 26.3 Å². The fourth-order valence-corrected chi connectivity index (χ4v) is 2.75. The van der Waals surface area contributed by atoms with Crippen molar-refractivity contribution in [3.8, 4) is 0 Å². The highest BCUT2D eigenvalue weighted by Gasteiger charge is 2.24. The summed E-state index contributed by atoms with van der Waals surface area (Å²) in [6.07, 6.45) is 0. The molecule has 2 heterocycles. The van der Waals surface area contributed by atoms with Crippen LogP contribution in [0, 0.1) is 13.8 Å². The number of H-pyrrole nitrogens is 1. The monoisotopic (exact) mass is 258 g/mol. The molecular formula is C15H18N2O2. The molecule has 2 aromatic rings. The summed E-state index contributed by atoms with van der Waals surface area (Å²) in [5.41, 5.74) is 3.93. The van der Waals surface area contributed by atoms with Crippen molar-refractivity contribution in [2.24, 2.45) is 0 Å². The molecule has 0 unspecified atom stereocenters. The Hall–Kier alpha value is -1.81. The van der Waals surface area contributed by atoms with E-state index >= 15 is 0 Å². The summed E-state index contributed by atoms with van der Waals surface area (Å²) < 4.78 is 5.31. The highest BCUT2D eigenvalue weighted by molar-refractivity contribution is 6.09. The predicted molar refractivity (Wildman–Crippen MR) is 74.5 cm³/mol. The van der Waals surface area contributed by atoms with E-state index in [1.54, 1.807) is 0 Å². The SMILES string of the molecule is Cc1[nH]c2cccc(C)c2c1C(=O)N1CCOCC1. The maximum absolute atomic E-state index is 12.7. The Morgan fingerprint density at radius 3 is 2.74 bits per heavy atom. The third-order valence-electron chi connectivity index (χ3n) is 3.73. The van der Waals surface area contributed by atoms with Crippen molar-refractivity contribution in [1.82, 2.24) is 9.88 Å². The van der Waals surface area contributed by atoms with Crippen molar-refractivity contribution >= 4 is 16.8 Å². The van der Waals surface area contributed by atoms with Gasteiger partial charge in [0.25, 0.3) is 5.91 Å². The summed E-state index contributed by atoms with van der Waals surface area (Å²) in [5.74, 6) is 0.112. The zero-order chi connectivity index (χ0) is 13.4. The summed E-state index contributed by atoms with van der Waals surface area (Å²) in [6, 6.07) is 6.08. The van der Waals surface area contributed by atoms with Crippen LogP contribution in [0.3, 0.4) is 0 Å². The second kappa shape index (κ2) is 4.70. The number of carbonyl (C=O) groups is 1. The van der Waals surface area contributed by atoms with Gasteiger partial charge in [0.1, 0.15) is 0 Å². The normalized spacial score (nSPS) is 16.0. The average molecular weight is 258 g/mol. The van der Waals surface area contributed by atoms with E-state index in [2.05, 4.69) is 4.98 Å². The second-order valence-electron chi connectivity index (χ2n) is 5.03. The number of hydrogen-bond donors (Lipinski definition) is 1. The van der Waals surface area contributed by atoms with E-state index in [0.29, 0.717) is 26.3 Å². The number of aromatic amines is 1. The van der Waals surface area contributed by atoms with E-state index in [0.717, 1.165) is 27.7 Å². The first-order valence-electron chi connectivity index (χ1n) is 6.63. The van der Waals surface area contributed by atoms with Crippen LogP contribution < -0.4 is 0 Å². The minimum atomic E-state index is 0.112. The molecular weight excluding hydrogens is 240 g/mol. The zero-order valence-electron chi connectivity index (χ0n) is 11.3. The standard InChI is InChI=1S/C15H18N2O2/c1-10-4-3-5-12-13(10)14(11(2)16-12)15(18)17-6-8-19-9-7-17/h3-5,16H,6-9H2,1-2H3. The molecule has 0 atom stereocenters. The fourth-order valence-electron chi connectivity index (χ4n) is 2.75. The first-order chi connectivity index (χ1) is 9.18. The van der Waals surface area contributed by atoms with Crippen LogP contribution in [0.2, 0.25) is 0 Å². The molecule has 1 aromatic heterocycles. The molecule has 3 rings (SSSR count). The van der Waals surface area contributed by atoms with Gasteiger partial charge in [-0.3, -0.25) is 4.79 Å². The Morgan fingerprint density at radius 1 is 1.26 bits per heavy atom. The van der Waals surface area contributed by atoms with Gasteiger partial charge in [0, 0.05) is 29.7 Å². The van der Waals surface area contributed by atoms with E-state index in [9.17, 15) is 4.79 Å². The number of hydrogen-bond acceptors (Lipinski definition) is 2. The van der Waals surface area contributed by atoms with Crippen LogP contribution >= 0.6 is 0 Å². The second-order valence-corrected chi connectivity index (χ2v) is 5.03. The quantitative estimate of drug-likeness (QED) is 0.852.